The minimum absolute atomic E-state index is 0.153. The molecular formula is C21H24FNO2. The number of likely N-dealkylation sites (N-methyl/N-ethyl adjacent to an activating group) is 1. The Hall–Kier alpha value is -2.36. The minimum Gasteiger partial charge on any atom is -0.492 e. The molecule has 25 heavy (non-hydrogen) atoms. The van der Waals surface area contributed by atoms with Crippen molar-refractivity contribution in [3.05, 3.63) is 65.0 Å². The van der Waals surface area contributed by atoms with E-state index in [9.17, 15) is 9.18 Å². The number of hydrogen-bond acceptors (Lipinski definition) is 2. The molecule has 0 atom stereocenters. The van der Waals surface area contributed by atoms with Gasteiger partial charge in [0.05, 0.1) is 12.0 Å². The van der Waals surface area contributed by atoms with Crippen LogP contribution in [0.2, 0.25) is 0 Å². The van der Waals surface area contributed by atoms with Crippen LogP contribution in [0.25, 0.3) is 0 Å². The molecular weight excluding hydrogens is 317 g/mol. The Morgan fingerprint density at radius 2 is 1.72 bits per heavy atom. The van der Waals surface area contributed by atoms with Crippen molar-refractivity contribution in [3.63, 3.8) is 0 Å². The van der Waals surface area contributed by atoms with Crippen molar-refractivity contribution in [2.45, 2.75) is 32.1 Å². The van der Waals surface area contributed by atoms with Gasteiger partial charge in [0.25, 0.3) is 0 Å². The van der Waals surface area contributed by atoms with Gasteiger partial charge in [0.15, 0.2) is 0 Å². The van der Waals surface area contributed by atoms with E-state index in [0.29, 0.717) is 18.9 Å². The van der Waals surface area contributed by atoms with Crippen molar-refractivity contribution in [3.8, 4) is 5.75 Å². The van der Waals surface area contributed by atoms with E-state index in [1.165, 1.54) is 23.3 Å². The molecule has 4 heteroatoms. The van der Waals surface area contributed by atoms with Crippen LogP contribution in [-0.2, 0) is 10.2 Å². The lowest BCUT2D eigenvalue weighted by Crippen LogP contribution is -2.38. The van der Waals surface area contributed by atoms with Crippen LogP contribution in [-0.4, -0.2) is 31.0 Å². The van der Waals surface area contributed by atoms with Crippen LogP contribution < -0.4 is 4.74 Å². The normalized spacial score (nSPS) is 14.9. The zero-order valence-electron chi connectivity index (χ0n) is 15.0. The maximum Gasteiger partial charge on any atom is 0.233 e. The molecule has 0 heterocycles. The Labute approximate surface area is 148 Å². The Kier molecular flexibility index (Phi) is 4.80. The predicted molar refractivity (Wildman–Crippen MR) is 96.4 cm³/mol. The summed E-state index contributed by atoms with van der Waals surface area (Å²) in [7, 11) is 1.82. The van der Waals surface area contributed by atoms with Crippen LogP contribution in [0.1, 0.15) is 29.5 Å². The van der Waals surface area contributed by atoms with Crippen molar-refractivity contribution in [2.24, 2.45) is 0 Å². The van der Waals surface area contributed by atoms with Crippen molar-refractivity contribution >= 4 is 5.91 Å². The summed E-state index contributed by atoms with van der Waals surface area (Å²) < 4.78 is 18.5. The molecule has 1 amide bonds. The van der Waals surface area contributed by atoms with Crippen LogP contribution in [0.15, 0.2) is 42.5 Å². The molecule has 0 N–H and O–H groups in total. The number of carbonyl (C=O) groups is 1. The molecule has 1 aliphatic carbocycles. The fourth-order valence-electron chi connectivity index (χ4n) is 3.30. The van der Waals surface area contributed by atoms with Crippen molar-refractivity contribution in [1.82, 2.24) is 4.90 Å². The number of amides is 1. The number of aryl methyl sites for hydroxylation is 2. The molecule has 0 saturated heterocycles. The molecule has 1 saturated carbocycles. The smallest absolute Gasteiger partial charge is 0.233 e. The van der Waals surface area contributed by atoms with E-state index in [0.717, 1.165) is 18.4 Å². The fraction of sp³-hybridized carbons (Fsp3) is 0.381. The molecule has 3 rings (SSSR count). The molecule has 132 valence electrons. The van der Waals surface area contributed by atoms with Gasteiger partial charge in [0.2, 0.25) is 5.91 Å². The first-order chi connectivity index (χ1) is 11.9. The van der Waals surface area contributed by atoms with Gasteiger partial charge in [-0.15, -0.1) is 0 Å². The first kappa shape index (κ1) is 17.5. The molecule has 2 aromatic rings. The van der Waals surface area contributed by atoms with Gasteiger partial charge >= 0.3 is 0 Å². The number of benzene rings is 2. The molecule has 0 aliphatic heterocycles. The fourth-order valence-corrected chi connectivity index (χ4v) is 3.30. The number of nitrogens with zero attached hydrogens (tertiary/aromatic N) is 1. The van der Waals surface area contributed by atoms with Crippen LogP contribution >= 0.6 is 0 Å². The number of hydrogen-bond donors (Lipinski definition) is 0. The van der Waals surface area contributed by atoms with E-state index in [2.05, 4.69) is 32.0 Å². The van der Waals surface area contributed by atoms with Crippen LogP contribution in [0.5, 0.6) is 5.75 Å². The number of rotatable bonds is 6. The summed E-state index contributed by atoms with van der Waals surface area (Å²) in [6, 6.07) is 12.3. The van der Waals surface area contributed by atoms with Gasteiger partial charge in [-0.2, -0.15) is 0 Å². The maximum atomic E-state index is 13.0. The summed E-state index contributed by atoms with van der Waals surface area (Å²) in [6.07, 6.45) is 1.80. The van der Waals surface area contributed by atoms with Crippen LogP contribution in [0, 0.1) is 19.7 Å². The molecule has 2 aromatic carbocycles. The third-order valence-electron chi connectivity index (χ3n) is 4.79. The second-order valence-corrected chi connectivity index (χ2v) is 6.99. The van der Waals surface area contributed by atoms with Crippen LogP contribution in [0.3, 0.4) is 0 Å². The topological polar surface area (TPSA) is 29.5 Å². The van der Waals surface area contributed by atoms with Gasteiger partial charge in [0, 0.05) is 7.05 Å². The summed E-state index contributed by atoms with van der Waals surface area (Å²) in [4.78, 5) is 14.7. The average molecular weight is 341 g/mol. The largest absolute Gasteiger partial charge is 0.492 e. The summed E-state index contributed by atoms with van der Waals surface area (Å²) >= 11 is 0. The molecule has 0 aromatic heterocycles. The summed E-state index contributed by atoms with van der Waals surface area (Å²) in [5.74, 6) is 0.474. The lowest BCUT2D eigenvalue weighted by Gasteiger charge is -2.24. The minimum atomic E-state index is -0.360. The van der Waals surface area contributed by atoms with E-state index >= 15 is 0 Å². The number of carbonyl (C=O) groups excluding carboxylic acids is 1. The Balaban J connectivity index is 1.61. The van der Waals surface area contributed by atoms with Crippen molar-refractivity contribution < 1.29 is 13.9 Å². The average Bonchev–Trinajstić information content (AvgIpc) is 3.37. The zero-order chi connectivity index (χ0) is 18.0. The van der Waals surface area contributed by atoms with E-state index in [1.807, 2.05) is 7.05 Å². The van der Waals surface area contributed by atoms with Gasteiger partial charge in [-0.1, -0.05) is 29.3 Å². The third kappa shape index (κ3) is 3.84. The van der Waals surface area contributed by atoms with Crippen LogP contribution in [0.4, 0.5) is 4.39 Å². The number of halogens is 1. The lowest BCUT2D eigenvalue weighted by molar-refractivity contribution is -0.133. The van der Waals surface area contributed by atoms with E-state index in [4.69, 9.17) is 4.74 Å². The van der Waals surface area contributed by atoms with Gasteiger partial charge in [0.1, 0.15) is 18.2 Å². The third-order valence-corrected chi connectivity index (χ3v) is 4.79. The summed E-state index contributed by atoms with van der Waals surface area (Å²) in [6.45, 7) is 5.02. The maximum absolute atomic E-state index is 13.0. The first-order valence-corrected chi connectivity index (χ1v) is 8.63. The van der Waals surface area contributed by atoms with E-state index in [1.54, 1.807) is 17.0 Å². The van der Waals surface area contributed by atoms with E-state index in [-0.39, 0.29) is 17.1 Å². The Morgan fingerprint density at radius 3 is 2.28 bits per heavy atom. The molecule has 0 radical (unpaired) electrons. The van der Waals surface area contributed by atoms with Gasteiger partial charge in [-0.25, -0.2) is 4.39 Å². The molecule has 3 nitrogen and oxygen atoms in total. The highest BCUT2D eigenvalue weighted by Gasteiger charge is 2.52. The molecule has 0 spiro atoms. The molecule has 1 aliphatic rings. The molecule has 0 bridgehead atoms. The first-order valence-electron chi connectivity index (χ1n) is 8.63. The van der Waals surface area contributed by atoms with Gasteiger partial charge in [-0.3, -0.25) is 4.79 Å². The second-order valence-electron chi connectivity index (χ2n) is 6.99. The highest BCUT2D eigenvalue weighted by molar-refractivity contribution is 5.91. The second kappa shape index (κ2) is 6.87. The molecule has 0 unspecified atom stereocenters. The van der Waals surface area contributed by atoms with Gasteiger partial charge in [-0.05, 0) is 56.5 Å². The highest BCUT2D eigenvalue weighted by Crippen LogP contribution is 2.49. The zero-order valence-corrected chi connectivity index (χ0v) is 15.0. The monoisotopic (exact) mass is 341 g/mol. The highest BCUT2D eigenvalue weighted by atomic mass is 19.1. The quantitative estimate of drug-likeness (QED) is 0.794. The standard InChI is InChI=1S/C21H24FNO2/c1-15-12-16(2)14-17(13-15)21(8-9-21)20(24)23(3)10-11-25-19-6-4-18(22)5-7-19/h4-7,12-14H,8-11H2,1-3H3. The SMILES string of the molecule is Cc1cc(C)cc(C2(C(=O)N(C)CCOc3ccc(F)cc3)CC2)c1. The predicted octanol–water partition coefficient (Wildman–Crippen LogP) is 4.01. The Morgan fingerprint density at radius 1 is 1.12 bits per heavy atom. The Bertz CT molecular complexity index is 746. The van der Waals surface area contributed by atoms with Crippen molar-refractivity contribution in [2.75, 3.05) is 20.2 Å². The summed E-state index contributed by atoms with van der Waals surface area (Å²) in [5.41, 5.74) is 3.15. The number of ether oxygens (including phenoxy) is 1. The lowest BCUT2D eigenvalue weighted by atomic mass is 9.91. The van der Waals surface area contributed by atoms with Gasteiger partial charge < -0.3 is 9.64 Å². The molecule has 1 fully saturated rings. The van der Waals surface area contributed by atoms with E-state index < -0.39 is 0 Å². The van der Waals surface area contributed by atoms with Crippen molar-refractivity contribution in [1.29, 1.82) is 0 Å². The summed E-state index contributed by atoms with van der Waals surface area (Å²) in [5, 5.41) is 0.